The van der Waals surface area contributed by atoms with Crippen LogP contribution in [0.15, 0.2) is 42.5 Å². The van der Waals surface area contributed by atoms with Crippen LogP contribution in [0, 0.1) is 0 Å². The molecule has 148 valence electrons. The summed E-state index contributed by atoms with van der Waals surface area (Å²) in [6, 6.07) is 10.6. The van der Waals surface area contributed by atoms with E-state index in [1.54, 1.807) is 12.1 Å². The molecule has 6 heteroatoms. The number of phenols is 1. The van der Waals surface area contributed by atoms with Gasteiger partial charge in [0.05, 0.1) is 7.11 Å². The highest BCUT2D eigenvalue weighted by Crippen LogP contribution is 2.26. The van der Waals surface area contributed by atoms with E-state index >= 15 is 0 Å². The van der Waals surface area contributed by atoms with Crippen molar-refractivity contribution < 1.29 is 24.2 Å². The molecule has 0 aliphatic heterocycles. The monoisotopic (exact) mass is 383 g/mol. The summed E-state index contributed by atoms with van der Waals surface area (Å²) >= 11 is 0. The Morgan fingerprint density at radius 2 is 1.79 bits per heavy atom. The van der Waals surface area contributed by atoms with Crippen molar-refractivity contribution in [3.05, 3.63) is 59.2 Å². The number of anilines is 1. The Bertz CT molecular complexity index is 851. The van der Waals surface area contributed by atoms with E-state index in [0.717, 1.165) is 29.7 Å². The molecule has 0 bridgehead atoms. The summed E-state index contributed by atoms with van der Waals surface area (Å²) in [5, 5.41) is 12.4. The van der Waals surface area contributed by atoms with E-state index in [2.05, 4.69) is 5.32 Å². The van der Waals surface area contributed by atoms with Crippen LogP contribution >= 0.6 is 0 Å². The first-order valence-electron chi connectivity index (χ1n) is 9.10. The van der Waals surface area contributed by atoms with E-state index in [9.17, 15) is 14.7 Å². The molecule has 0 radical (unpaired) electrons. The van der Waals surface area contributed by atoms with E-state index in [0.29, 0.717) is 11.3 Å². The van der Waals surface area contributed by atoms with Gasteiger partial charge in [0.2, 0.25) is 0 Å². The number of para-hydroxylation sites is 1. The fourth-order valence-corrected chi connectivity index (χ4v) is 2.73. The summed E-state index contributed by atoms with van der Waals surface area (Å²) in [5.74, 6) is -0.709. The van der Waals surface area contributed by atoms with E-state index in [4.69, 9.17) is 9.47 Å². The second-order valence-electron chi connectivity index (χ2n) is 6.08. The number of phenolic OH excluding ortho intramolecular Hbond substituents is 1. The zero-order valence-corrected chi connectivity index (χ0v) is 16.3. The summed E-state index contributed by atoms with van der Waals surface area (Å²) in [4.78, 5) is 24.1. The SMILES string of the molecule is CCc1cccc(CC)c1NC(=O)COC(=O)/C=C/c1ccc(O)c(OC)c1. The maximum absolute atomic E-state index is 12.2. The zero-order valence-electron chi connectivity index (χ0n) is 16.3. The van der Waals surface area contributed by atoms with Crippen LogP contribution in [0.1, 0.15) is 30.5 Å². The number of aryl methyl sites for hydroxylation is 2. The number of aromatic hydroxyl groups is 1. The van der Waals surface area contributed by atoms with Crippen LogP contribution in [0.5, 0.6) is 11.5 Å². The number of amides is 1. The lowest BCUT2D eigenvalue weighted by atomic mass is 10.0. The van der Waals surface area contributed by atoms with E-state index < -0.39 is 5.97 Å². The van der Waals surface area contributed by atoms with Crippen molar-refractivity contribution in [2.75, 3.05) is 19.0 Å². The van der Waals surface area contributed by atoms with Crippen LogP contribution in [0.25, 0.3) is 6.08 Å². The molecule has 0 atom stereocenters. The molecule has 2 N–H and O–H groups in total. The molecule has 0 aromatic heterocycles. The number of benzene rings is 2. The summed E-state index contributed by atoms with van der Waals surface area (Å²) < 4.78 is 10.0. The third-order valence-electron chi connectivity index (χ3n) is 4.22. The molecule has 0 saturated heterocycles. The summed E-state index contributed by atoms with van der Waals surface area (Å²) in [7, 11) is 1.44. The summed E-state index contributed by atoms with van der Waals surface area (Å²) in [5.41, 5.74) is 3.53. The highest BCUT2D eigenvalue weighted by atomic mass is 16.5. The molecule has 0 spiro atoms. The number of ether oxygens (including phenoxy) is 2. The van der Waals surface area contributed by atoms with E-state index in [1.807, 2.05) is 32.0 Å². The van der Waals surface area contributed by atoms with Crippen molar-refractivity contribution in [1.29, 1.82) is 0 Å². The molecule has 2 aromatic rings. The Morgan fingerprint density at radius 1 is 1.11 bits per heavy atom. The number of esters is 1. The van der Waals surface area contributed by atoms with Gasteiger partial charge in [-0.15, -0.1) is 0 Å². The predicted octanol–water partition coefficient (Wildman–Crippen LogP) is 3.72. The predicted molar refractivity (Wildman–Crippen MR) is 108 cm³/mol. The molecule has 0 heterocycles. The van der Waals surface area contributed by atoms with Crippen molar-refractivity contribution in [1.82, 2.24) is 0 Å². The van der Waals surface area contributed by atoms with Gasteiger partial charge < -0.3 is 19.9 Å². The lowest BCUT2D eigenvalue weighted by Crippen LogP contribution is -2.21. The van der Waals surface area contributed by atoms with Crippen molar-refractivity contribution in [3.8, 4) is 11.5 Å². The molecular weight excluding hydrogens is 358 g/mol. The van der Waals surface area contributed by atoms with Gasteiger partial charge in [-0.05, 0) is 47.7 Å². The molecule has 2 aromatic carbocycles. The highest BCUT2D eigenvalue weighted by molar-refractivity contribution is 5.95. The second kappa shape index (κ2) is 10.2. The van der Waals surface area contributed by atoms with Gasteiger partial charge in [-0.25, -0.2) is 4.79 Å². The number of hydrogen-bond donors (Lipinski definition) is 2. The summed E-state index contributed by atoms with van der Waals surface area (Å²) in [6.45, 7) is 3.67. The lowest BCUT2D eigenvalue weighted by Gasteiger charge is -2.14. The minimum atomic E-state index is -0.637. The van der Waals surface area contributed by atoms with E-state index in [-0.39, 0.29) is 18.3 Å². The van der Waals surface area contributed by atoms with Gasteiger partial charge in [0.1, 0.15) is 0 Å². The van der Waals surface area contributed by atoms with Gasteiger partial charge in [0.25, 0.3) is 5.91 Å². The van der Waals surface area contributed by atoms with Gasteiger partial charge in [-0.1, -0.05) is 38.1 Å². The Balaban J connectivity index is 1.93. The van der Waals surface area contributed by atoms with Crippen molar-refractivity contribution in [2.24, 2.45) is 0 Å². The van der Waals surface area contributed by atoms with E-state index in [1.165, 1.54) is 25.3 Å². The molecule has 6 nitrogen and oxygen atoms in total. The smallest absolute Gasteiger partial charge is 0.331 e. The van der Waals surface area contributed by atoms with Crippen LogP contribution in [-0.2, 0) is 27.2 Å². The highest BCUT2D eigenvalue weighted by Gasteiger charge is 2.11. The number of hydrogen-bond acceptors (Lipinski definition) is 5. The average Bonchev–Trinajstić information content (AvgIpc) is 2.71. The third-order valence-corrected chi connectivity index (χ3v) is 4.22. The lowest BCUT2D eigenvalue weighted by molar-refractivity contribution is -0.142. The Kier molecular flexibility index (Phi) is 7.63. The number of rotatable bonds is 8. The molecule has 0 fully saturated rings. The molecular formula is C22H25NO5. The Labute approximate surface area is 164 Å². The molecule has 1 amide bonds. The zero-order chi connectivity index (χ0) is 20.5. The second-order valence-corrected chi connectivity index (χ2v) is 6.08. The average molecular weight is 383 g/mol. The van der Waals surface area contributed by atoms with Crippen LogP contribution in [-0.4, -0.2) is 30.7 Å². The minimum absolute atomic E-state index is 0.0118. The fourth-order valence-electron chi connectivity index (χ4n) is 2.73. The number of methoxy groups -OCH3 is 1. The quantitative estimate of drug-likeness (QED) is 0.536. The normalized spacial score (nSPS) is 10.7. The van der Waals surface area contributed by atoms with Gasteiger partial charge in [0.15, 0.2) is 18.1 Å². The number of carbonyl (C=O) groups is 2. The maximum atomic E-state index is 12.2. The largest absolute Gasteiger partial charge is 0.504 e. The van der Waals surface area contributed by atoms with Crippen molar-refractivity contribution >= 4 is 23.6 Å². The van der Waals surface area contributed by atoms with Crippen molar-refractivity contribution in [2.45, 2.75) is 26.7 Å². The summed E-state index contributed by atoms with van der Waals surface area (Å²) in [6.07, 6.45) is 4.32. The first-order chi connectivity index (χ1) is 13.5. The molecule has 0 aliphatic rings. The topological polar surface area (TPSA) is 84.9 Å². The van der Waals surface area contributed by atoms with Crippen LogP contribution < -0.4 is 10.1 Å². The van der Waals surface area contributed by atoms with Gasteiger partial charge in [-0.3, -0.25) is 4.79 Å². The Morgan fingerprint density at radius 3 is 2.39 bits per heavy atom. The molecule has 0 unspecified atom stereocenters. The maximum Gasteiger partial charge on any atom is 0.331 e. The fraction of sp³-hybridized carbons (Fsp3) is 0.273. The van der Waals surface area contributed by atoms with Gasteiger partial charge in [0, 0.05) is 11.8 Å². The van der Waals surface area contributed by atoms with Crippen molar-refractivity contribution in [3.63, 3.8) is 0 Å². The third kappa shape index (κ3) is 5.61. The van der Waals surface area contributed by atoms with Gasteiger partial charge >= 0.3 is 5.97 Å². The first-order valence-corrected chi connectivity index (χ1v) is 9.10. The Hall–Kier alpha value is -3.28. The number of nitrogens with one attached hydrogen (secondary N) is 1. The van der Waals surface area contributed by atoms with Crippen LogP contribution in [0.2, 0.25) is 0 Å². The molecule has 0 aliphatic carbocycles. The first kappa shape index (κ1) is 21.0. The molecule has 28 heavy (non-hydrogen) atoms. The number of carbonyl (C=O) groups excluding carboxylic acids is 2. The van der Waals surface area contributed by atoms with Crippen LogP contribution in [0.3, 0.4) is 0 Å². The molecule has 0 saturated carbocycles. The van der Waals surface area contributed by atoms with Crippen LogP contribution in [0.4, 0.5) is 5.69 Å². The minimum Gasteiger partial charge on any atom is -0.504 e. The van der Waals surface area contributed by atoms with Gasteiger partial charge in [-0.2, -0.15) is 0 Å². The molecule has 2 rings (SSSR count). The standard InChI is InChI=1S/C22H25NO5/c1-4-16-7-6-8-17(5-2)22(16)23-20(25)14-28-21(26)12-10-15-9-11-18(24)19(13-15)27-3/h6-13,24H,4-5,14H2,1-3H3,(H,23,25)/b12-10+.